The molecule has 0 spiro atoms. The van der Waals surface area contributed by atoms with Crippen LogP contribution < -0.4 is 0 Å². The van der Waals surface area contributed by atoms with Gasteiger partial charge in [-0.15, -0.1) is 0 Å². The van der Waals surface area contributed by atoms with Gasteiger partial charge in [-0.3, -0.25) is 0 Å². The van der Waals surface area contributed by atoms with Crippen molar-refractivity contribution in [2.75, 3.05) is 6.61 Å². The molecule has 0 heterocycles. The van der Waals surface area contributed by atoms with E-state index in [2.05, 4.69) is 127 Å². The Balaban J connectivity index is 1.82. The summed E-state index contributed by atoms with van der Waals surface area (Å²) in [5.41, 5.74) is 4.90. The number of carbonyl (C=O) groups excluding carboxylic acids is 1. The fraction of sp³-hybridized carbons (Fsp3) is 0.786. The fourth-order valence-electron chi connectivity index (χ4n) is 7.77. The fourth-order valence-corrected chi connectivity index (χ4v) is 10.4. The van der Waals surface area contributed by atoms with Gasteiger partial charge in [-0.2, -0.15) is 0 Å². The molecule has 0 bridgehead atoms. The molecule has 280 valence electrons. The van der Waals surface area contributed by atoms with Crippen molar-refractivity contribution in [3.63, 3.8) is 0 Å². The lowest BCUT2D eigenvalue weighted by atomic mass is 9.63. The maximum absolute atomic E-state index is 12.8. The van der Waals surface area contributed by atoms with Crippen molar-refractivity contribution < 1.29 is 23.1 Å². The van der Waals surface area contributed by atoms with E-state index in [-0.39, 0.29) is 52.0 Å². The molecule has 7 heteroatoms. The van der Waals surface area contributed by atoms with E-state index in [1.54, 1.807) is 0 Å². The molecule has 2 fully saturated rings. The number of fused-ring (bicyclic) bond motifs is 1. The van der Waals surface area contributed by atoms with Crippen molar-refractivity contribution in [3.05, 3.63) is 47.1 Å². The van der Waals surface area contributed by atoms with Gasteiger partial charge in [0, 0.05) is 6.42 Å². The number of rotatable bonds is 13. The molecule has 3 aliphatic carbocycles. The third-order valence-corrected chi connectivity index (χ3v) is 22.5. The van der Waals surface area contributed by atoms with E-state index >= 15 is 0 Å². The Kier molecular flexibility index (Phi) is 13.6. The topological polar surface area (TPSA) is 54.0 Å². The Morgan fingerprint density at radius 1 is 0.980 bits per heavy atom. The van der Waals surface area contributed by atoms with E-state index in [4.69, 9.17) is 18.3 Å². The van der Waals surface area contributed by atoms with Gasteiger partial charge in [-0.05, 0) is 123 Å². The Bertz CT molecular complexity index is 1260. The molecule has 3 aliphatic rings. The zero-order chi connectivity index (χ0) is 37.2. The van der Waals surface area contributed by atoms with Crippen LogP contribution in [0, 0.1) is 11.3 Å². The molecule has 0 saturated heterocycles. The molecule has 5 nitrogen and oxygen atoms in total. The monoisotopic (exact) mass is 715 g/mol. The molecule has 0 unspecified atom stereocenters. The minimum atomic E-state index is -2.02. The predicted molar refractivity (Wildman–Crippen MR) is 212 cm³/mol. The highest BCUT2D eigenvalue weighted by Crippen LogP contribution is 2.56. The van der Waals surface area contributed by atoms with Crippen molar-refractivity contribution in [1.82, 2.24) is 0 Å². The first-order chi connectivity index (χ1) is 22.5. The van der Waals surface area contributed by atoms with Crippen LogP contribution in [0.25, 0.3) is 0 Å². The van der Waals surface area contributed by atoms with Crippen LogP contribution >= 0.6 is 0 Å². The maximum Gasteiger partial charge on any atom is 0.332 e. The van der Waals surface area contributed by atoms with E-state index in [9.17, 15) is 4.79 Å². The highest BCUT2D eigenvalue weighted by molar-refractivity contribution is 6.74. The zero-order valence-corrected chi connectivity index (χ0v) is 36.4. The Labute approximate surface area is 304 Å². The lowest BCUT2D eigenvalue weighted by Crippen LogP contribution is -2.49. The van der Waals surface area contributed by atoms with Crippen LogP contribution in [0.1, 0.15) is 134 Å². The summed E-state index contributed by atoms with van der Waals surface area (Å²) in [6.45, 7) is 38.8. The Morgan fingerprint density at radius 2 is 1.55 bits per heavy atom. The van der Waals surface area contributed by atoms with Crippen molar-refractivity contribution in [2.45, 2.75) is 194 Å². The third kappa shape index (κ3) is 9.60. The first kappa shape index (κ1) is 42.2. The van der Waals surface area contributed by atoms with Crippen LogP contribution in [-0.2, 0) is 23.1 Å². The molecule has 0 aliphatic heterocycles. The molecule has 0 amide bonds. The second-order valence-electron chi connectivity index (χ2n) is 18.7. The van der Waals surface area contributed by atoms with E-state index in [1.165, 1.54) is 16.7 Å². The van der Waals surface area contributed by atoms with Gasteiger partial charge in [-0.25, -0.2) is 4.79 Å². The van der Waals surface area contributed by atoms with Crippen LogP contribution in [-0.4, -0.2) is 53.1 Å². The average Bonchev–Trinajstić information content (AvgIpc) is 3.35. The lowest BCUT2D eigenvalue weighted by molar-refractivity contribution is -0.167. The standard InChI is InChI=1S/C42H74O5Si2/c1-17-42(18-2,19-3)45-38(43)29-44-31(5)35-24-25-36-32(21-20-26-41(35,36)12)22-23-33-27-34(46-48(13,14)39(6,7)8)28-37(30(33)4)47-49(15,16)40(9,10)11/h22-24,31,34,36-37H,4,17-21,25-29H2,1-3,5-16H3/t31-,34+,36-,37-,41+/m0/s1. The highest BCUT2D eigenvalue weighted by atomic mass is 28.4. The Hall–Kier alpha value is -1.26. The number of esters is 1. The van der Waals surface area contributed by atoms with Gasteiger partial charge in [0.25, 0.3) is 0 Å². The smallest absolute Gasteiger partial charge is 0.332 e. The van der Waals surface area contributed by atoms with Crippen LogP contribution in [0.15, 0.2) is 47.1 Å². The molecule has 0 aromatic rings. The van der Waals surface area contributed by atoms with Gasteiger partial charge >= 0.3 is 5.97 Å². The van der Waals surface area contributed by atoms with Crippen LogP contribution in [0.3, 0.4) is 0 Å². The van der Waals surface area contributed by atoms with E-state index in [0.717, 1.165) is 63.4 Å². The maximum atomic E-state index is 12.8. The van der Waals surface area contributed by atoms with E-state index in [0.29, 0.717) is 5.92 Å². The summed E-state index contributed by atoms with van der Waals surface area (Å²) in [6, 6.07) is 0. The number of hydrogen-bond donors (Lipinski definition) is 0. The summed E-state index contributed by atoms with van der Waals surface area (Å²) in [5, 5.41) is 0.271. The molecule has 0 aromatic carbocycles. The predicted octanol–water partition coefficient (Wildman–Crippen LogP) is 12.0. The van der Waals surface area contributed by atoms with Crippen LogP contribution in [0.5, 0.6) is 0 Å². The molecule has 49 heavy (non-hydrogen) atoms. The number of hydrogen-bond acceptors (Lipinski definition) is 5. The van der Waals surface area contributed by atoms with Gasteiger partial charge in [0.2, 0.25) is 0 Å². The molecular formula is C42H74O5Si2. The second kappa shape index (κ2) is 15.8. The first-order valence-electron chi connectivity index (χ1n) is 19.4. The molecular weight excluding hydrogens is 641 g/mol. The van der Waals surface area contributed by atoms with Crippen molar-refractivity contribution in [3.8, 4) is 0 Å². The number of ether oxygens (including phenoxy) is 2. The van der Waals surface area contributed by atoms with E-state index < -0.39 is 16.6 Å². The summed E-state index contributed by atoms with van der Waals surface area (Å²) >= 11 is 0. The average molecular weight is 715 g/mol. The van der Waals surface area contributed by atoms with Gasteiger partial charge < -0.3 is 18.3 Å². The largest absolute Gasteiger partial charge is 0.457 e. The minimum absolute atomic E-state index is 0.00582. The molecule has 0 aromatic heterocycles. The second-order valence-corrected chi connectivity index (χ2v) is 28.2. The third-order valence-electron chi connectivity index (χ3n) is 13.5. The normalized spacial score (nSPS) is 28.1. The molecule has 2 saturated carbocycles. The minimum Gasteiger partial charge on any atom is -0.457 e. The van der Waals surface area contributed by atoms with Gasteiger partial charge in [0.05, 0.1) is 18.3 Å². The van der Waals surface area contributed by atoms with Crippen molar-refractivity contribution >= 4 is 22.6 Å². The summed E-state index contributed by atoms with van der Waals surface area (Å²) < 4.78 is 26.3. The quantitative estimate of drug-likeness (QED) is 0.108. The SMILES string of the molecule is C=C1C(=CC=C2CCC[C@]3(C)C([C@H](C)OCC(=O)OC(CC)(CC)CC)=CC[C@@H]23)C[C@@H](O[Si](C)(C)C(C)(C)C)C[C@@H]1O[Si](C)(C)C(C)(C)C. The Morgan fingerprint density at radius 3 is 2.10 bits per heavy atom. The molecule has 5 atom stereocenters. The highest BCUT2D eigenvalue weighted by Gasteiger charge is 2.47. The first-order valence-corrected chi connectivity index (χ1v) is 25.3. The van der Waals surface area contributed by atoms with Gasteiger partial charge in [0.15, 0.2) is 16.6 Å². The molecule has 0 N–H and O–H groups in total. The van der Waals surface area contributed by atoms with Crippen molar-refractivity contribution in [2.24, 2.45) is 11.3 Å². The van der Waals surface area contributed by atoms with Crippen molar-refractivity contribution in [1.29, 1.82) is 0 Å². The molecule has 3 rings (SSSR count). The van der Waals surface area contributed by atoms with Gasteiger partial charge in [0.1, 0.15) is 12.2 Å². The number of allylic oxidation sites excluding steroid dienone is 4. The lowest BCUT2D eigenvalue weighted by Gasteiger charge is -2.45. The molecule has 0 radical (unpaired) electrons. The van der Waals surface area contributed by atoms with E-state index in [1.807, 2.05) is 0 Å². The van der Waals surface area contributed by atoms with Crippen LogP contribution in [0.2, 0.25) is 36.3 Å². The summed E-state index contributed by atoms with van der Waals surface area (Å²) in [5.74, 6) is 0.183. The van der Waals surface area contributed by atoms with Crippen LogP contribution in [0.4, 0.5) is 0 Å². The number of carbonyl (C=O) groups is 1. The zero-order valence-electron chi connectivity index (χ0n) is 34.4. The summed E-state index contributed by atoms with van der Waals surface area (Å²) in [4.78, 5) is 12.8. The summed E-state index contributed by atoms with van der Waals surface area (Å²) in [6.07, 6.45) is 15.8. The summed E-state index contributed by atoms with van der Waals surface area (Å²) in [7, 11) is -3.98. The van der Waals surface area contributed by atoms with Gasteiger partial charge in [-0.1, -0.05) is 99.6 Å².